The molecule has 1 aromatic rings. The van der Waals surface area contributed by atoms with Gasteiger partial charge in [0.1, 0.15) is 15.7 Å². The molecule has 0 aliphatic heterocycles. The molecule has 3 heteroatoms. The molecule has 0 atom stereocenters. The highest BCUT2D eigenvalue weighted by molar-refractivity contribution is 6.40. The molecule has 0 saturated heterocycles. The van der Waals surface area contributed by atoms with Gasteiger partial charge in [-0.3, -0.25) is 4.98 Å². The molecule has 1 nitrogen and oxygen atoms in total. The maximum atomic E-state index is 4.04. The van der Waals surface area contributed by atoms with Crippen LogP contribution in [0.1, 0.15) is 26.3 Å². The van der Waals surface area contributed by atoms with Gasteiger partial charge in [0.15, 0.2) is 0 Å². The van der Waals surface area contributed by atoms with E-state index in [1.165, 1.54) is 5.56 Å². The molecule has 0 bridgehead atoms. The Morgan fingerprint density at radius 1 is 1.08 bits per heavy atom. The summed E-state index contributed by atoms with van der Waals surface area (Å²) in [6, 6.07) is 4.20. The van der Waals surface area contributed by atoms with Crippen molar-refractivity contribution >= 4 is 15.7 Å². The molecule has 0 aromatic carbocycles. The number of hydrogen-bond acceptors (Lipinski definition) is 1. The van der Waals surface area contributed by atoms with E-state index in [-0.39, 0.29) is 10.6 Å². The largest absolute Gasteiger partial charge is 0.265 e. The number of aromatic nitrogens is 1. The van der Waals surface area contributed by atoms with Gasteiger partial charge in [-0.15, -0.1) is 0 Å². The Hall–Kier alpha value is -0.720. The van der Waals surface area contributed by atoms with E-state index in [0.717, 1.165) is 0 Å². The predicted octanol–water partition coefficient (Wildman–Crippen LogP) is 0.547. The Kier molecular flexibility index (Phi) is 2.56. The fourth-order valence-corrected chi connectivity index (χ4v) is 1.20. The molecular formula is C10H17B2N. The topological polar surface area (TPSA) is 12.9 Å². The summed E-state index contributed by atoms with van der Waals surface area (Å²) in [6.07, 6.45) is 3.73. The van der Waals surface area contributed by atoms with Gasteiger partial charge in [0.05, 0.1) is 0 Å². The van der Waals surface area contributed by atoms with Crippen LogP contribution in [0.4, 0.5) is 0 Å². The first kappa shape index (κ1) is 10.4. The zero-order valence-corrected chi connectivity index (χ0v) is 9.26. The standard InChI is InChI=1S/C10H17B2N/c1-9(2,3)10(11,12)8-4-6-13-7-5-8/h4-7H,11-12H2,1-3H3. The predicted molar refractivity (Wildman–Crippen MR) is 62.5 cm³/mol. The van der Waals surface area contributed by atoms with Crippen LogP contribution in [0.5, 0.6) is 0 Å². The van der Waals surface area contributed by atoms with Crippen molar-refractivity contribution in [3.8, 4) is 0 Å². The van der Waals surface area contributed by atoms with E-state index in [1.54, 1.807) is 0 Å². The normalized spacial score (nSPS) is 12.8. The molecule has 13 heavy (non-hydrogen) atoms. The van der Waals surface area contributed by atoms with Gasteiger partial charge in [0.2, 0.25) is 0 Å². The highest BCUT2D eigenvalue weighted by atomic mass is 14.6. The maximum Gasteiger partial charge on any atom is 0.105 e. The van der Waals surface area contributed by atoms with Crippen LogP contribution in [0, 0.1) is 5.41 Å². The second-order valence-electron chi connectivity index (χ2n) is 5.11. The molecule has 1 rings (SSSR count). The number of rotatable bonds is 1. The summed E-state index contributed by atoms with van der Waals surface area (Å²) in [7, 11) is 4.56. The van der Waals surface area contributed by atoms with Crippen LogP contribution in [-0.4, -0.2) is 20.7 Å². The van der Waals surface area contributed by atoms with Crippen molar-refractivity contribution in [2.75, 3.05) is 0 Å². The lowest BCUT2D eigenvalue weighted by molar-refractivity contribution is 0.358. The van der Waals surface area contributed by atoms with Gasteiger partial charge in [0.25, 0.3) is 0 Å². The van der Waals surface area contributed by atoms with Crippen LogP contribution in [-0.2, 0) is 5.21 Å². The first-order valence-corrected chi connectivity index (χ1v) is 4.76. The van der Waals surface area contributed by atoms with Gasteiger partial charge in [-0.2, -0.15) is 0 Å². The van der Waals surface area contributed by atoms with Crippen LogP contribution in [0.3, 0.4) is 0 Å². The molecule has 0 aliphatic carbocycles. The first-order chi connectivity index (χ1) is 5.86. The van der Waals surface area contributed by atoms with E-state index in [0.29, 0.717) is 0 Å². The van der Waals surface area contributed by atoms with Crippen molar-refractivity contribution in [2.24, 2.45) is 5.41 Å². The highest BCUT2D eigenvalue weighted by Crippen LogP contribution is 2.35. The third kappa shape index (κ3) is 1.96. The molecule has 1 heterocycles. The van der Waals surface area contributed by atoms with Crippen LogP contribution < -0.4 is 0 Å². The molecule has 0 N–H and O–H groups in total. The Balaban J connectivity index is 3.08. The van der Waals surface area contributed by atoms with Crippen molar-refractivity contribution in [1.82, 2.24) is 4.98 Å². The van der Waals surface area contributed by atoms with Crippen LogP contribution in [0.2, 0.25) is 0 Å². The molecule has 0 aliphatic rings. The number of nitrogens with zero attached hydrogens (tertiary/aromatic N) is 1. The van der Waals surface area contributed by atoms with E-state index in [9.17, 15) is 0 Å². The van der Waals surface area contributed by atoms with Crippen molar-refractivity contribution in [1.29, 1.82) is 0 Å². The number of pyridine rings is 1. The quantitative estimate of drug-likeness (QED) is 0.565. The minimum Gasteiger partial charge on any atom is -0.265 e. The maximum absolute atomic E-state index is 4.04. The average Bonchev–Trinajstić information content (AvgIpc) is 2.04. The van der Waals surface area contributed by atoms with Crippen molar-refractivity contribution in [2.45, 2.75) is 26.0 Å². The fraction of sp³-hybridized carbons (Fsp3) is 0.500. The van der Waals surface area contributed by atoms with E-state index >= 15 is 0 Å². The lowest BCUT2D eigenvalue weighted by Crippen LogP contribution is -2.41. The highest BCUT2D eigenvalue weighted by Gasteiger charge is 2.33. The van der Waals surface area contributed by atoms with Gasteiger partial charge in [0, 0.05) is 12.4 Å². The summed E-state index contributed by atoms with van der Waals surface area (Å²) in [6.45, 7) is 6.81. The Labute approximate surface area is 82.8 Å². The summed E-state index contributed by atoms with van der Waals surface area (Å²) >= 11 is 0. The third-order valence-electron chi connectivity index (χ3n) is 3.28. The van der Waals surface area contributed by atoms with Crippen molar-refractivity contribution in [3.63, 3.8) is 0 Å². The van der Waals surface area contributed by atoms with Gasteiger partial charge in [-0.1, -0.05) is 31.5 Å². The fourth-order valence-electron chi connectivity index (χ4n) is 1.20. The Morgan fingerprint density at radius 3 is 1.92 bits per heavy atom. The van der Waals surface area contributed by atoms with Gasteiger partial charge >= 0.3 is 0 Å². The lowest BCUT2D eigenvalue weighted by atomic mass is 9.41. The van der Waals surface area contributed by atoms with Crippen LogP contribution in [0.15, 0.2) is 24.5 Å². The molecule has 0 unspecified atom stereocenters. The Morgan fingerprint density at radius 2 is 1.54 bits per heavy atom. The van der Waals surface area contributed by atoms with Gasteiger partial charge in [-0.05, 0) is 17.5 Å². The Bertz CT molecular complexity index is 275. The summed E-state index contributed by atoms with van der Waals surface area (Å²) < 4.78 is 0. The average molecular weight is 173 g/mol. The molecular weight excluding hydrogens is 156 g/mol. The molecule has 1 aromatic heterocycles. The second-order valence-corrected chi connectivity index (χ2v) is 5.11. The monoisotopic (exact) mass is 173 g/mol. The zero-order chi connectivity index (χ0) is 10.1. The van der Waals surface area contributed by atoms with Crippen molar-refractivity contribution in [3.05, 3.63) is 30.1 Å². The van der Waals surface area contributed by atoms with E-state index in [2.05, 4.69) is 53.6 Å². The second kappa shape index (κ2) is 3.21. The molecule has 0 saturated carbocycles. The number of hydrogen-bond donors (Lipinski definition) is 0. The summed E-state index contributed by atoms with van der Waals surface area (Å²) in [5, 5.41) is 0.190. The third-order valence-corrected chi connectivity index (χ3v) is 3.28. The SMILES string of the molecule is BC(B)(c1ccncc1)C(C)(C)C. The summed E-state index contributed by atoms with van der Waals surface area (Å²) in [4.78, 5) is 4.04. The molecule has 0 spiro atoms. The van der Waals surface area contributed by atoms with Crippen LogP contribution in [0.25, 0.3) is 0 Å². The van der Waals surface area contributed by atoms with Gasteiger partial charge < -0.3 is 0 Å². The minimum absolute atomic E-state index is 0.190. The molecule has 0 radical (unpaired) electrons. The smallest absolute Gasteiger partial charge is 0.105 e. The zero-order valence-electron chi connectivity index (χ0n) is 9.26. The van der Waals surface area contributed by atoms with E-state index in [4.69, 9.17) is 0 Å². The molecule has 0 fully saturated rings. The van der Waals surface area contributed by atoms with E-state index < -0.39 is 0 Å². The van der Waals surface area contributed by atoms with Gasteiger partial charge in [-0.25, -0.2) is 0 Å². The van der Waals surface area contributed by atoms with E-state index in [1.807, 2.05) is 12.4 Å². The van der Waals surface area contributed by atoms with Crippen molar-refractivity contribution < 1.29 is 0 Å². The minimum atomic E-state index is 0.190. The summed E-state index contributed by atoms with van der Waals surface area (Å²) in [5.74, 6) is 0. The first-order valence-electron chi connectivity index (χ1n) is 4.76. The van der Waals surface area contributed by atoms with Crippen LogP contribution >= 0.6 is 0 Å². The molecule has 0 amide bonds. The lowest BCUT2D eigenvalue weighted by Gasteiger charge is -2.39. The molecule has 68 valence electrons. The summed E-state index contributed by atoms with van der Waals surface area (Å²) in [5.41, 5.74) is 1.63.